The van der Waals surface area contributed by atoms with Gasteiger partial charge in [-0.3, -0.25) is 14.5 Å². The standard InChI is InChI=1S/C23H24FNO3/c1-13-10-11-15(12-14(13)2)25-19(16-8-6-7-9-17(16)24)18(20(26)22(25)28)21(27)23(3,4)5/h6-12,19,26H,1-5H3. The third-order valence-electron chi connectivity index (χ3n) is 5.10. The smallest absolute Gasteiger partial charge is 0.294 e. The minimum Gasteiger partial charge on any atom is -0.503 e. The number of aliphatic hydroxyl groups is 1. The van der Waals surface area contributed by atoms with E-state index in [1.807, 2.05) is 19.9 Å². The number of ketones is 1. The lowest BCUT2D eigenvalue weighted by Crippen LogP contribution is -2.33. The molecule has 0 aliphatic carbocycles. The third kappa shape index (κ3) is 3.21. The van der Waals surface area contributed by atoms with Crippen molar-refractivity contribution in [2.75, 3.05) is 4.90 Å². The molecule has 1 amide bonds. The number of aliphatic hydroxyl groups excluding tert-OH is 1. The molecule has 0 aromatic heterocycles. The van der Waals surface area contributed by atoms with Crippen LogP contribution in [-0.4, -0.2) is 16.8 Å². The fourth-order valence-electron chi connectivity index (χ4n) is 3.37. The molecule has 1 atom stereocenters. The molecule has 0 spiro atoms. The molecule has 0 fully saturated rings. The van der Waals surface area contributed by atoms with Crippen LogP contribution in [0, 0.1) is 25.1 Å². The number of halogens is 1. The van der Waals surface area contributed by atoms with Gasteiger partial charge in [-0.25, -0.2) is 4.39 Å². The van der Waals surface area contributed by atoms with E-state index in [1.165, 1.54) is 17.0 Å². The van der Waals surface area contributed by atoms with Crippen LogP contribution in [0.4, 0.5) is 10.1 Å². The monoisotopic (exact) mass is 381 g/mol. The molecule has 28 heavy (non-hydrogen) atoms. The number of carbonyl (C=O) groups excluding carboxylic acids is 2. The molecule has 1 N–H and O–H groups in total. The van der Waals surface area contributed by atoms with E-state index in [9.17, 15) is 19.1 Å². The van der Waals surface area contributed by atoms with Crippen molar-refractivity contribution in [1.82, 2.24) is 0 Å². The molecule has 1 unspecified atom stereocenters. The van der Waals surface area contributed by atoms with Gasteiger partial charge in [0.25, 0.3) is 5.91 Å². The summed E-state index contributed by atoms with van der Waals surface area (Å²) >= 11 is 0. The Hall–Kier alpha value is -2.95. The second-order valence-corrected chi connectivity index (χ2v) is 8.21. The average Bonchev–Trinajstić information content (AvgIpc) is 2.87. The van der Waals surface area contributed by atoms with Crippen molar-refractivity contribution in [3.63, 3.8) is 0 Å². The Balaban J connectivity index is 2.25. The van der Waals surface area contributed by atoms with E-state index in [0.717, 1.165) is 11.1 Å². The largest absolute Gasteiger partial charge is 0.503 e. The zero-order valence-corrected chi connectivity index (χ0v) is 16.7. The molecule has 5 heteroatoms. The van der Waals surface area contributed by atoms with Gasteiger partial charge in [-0.15, -0.1) is 0 Å². The number of anilines is 1. The van der Waals surface area contributed by atoms with Gasteiger partial charge in [-0.05, 0) is 43.2 Å². The highest BCUT2D eigenvalue weighted by Gasteiger charge is 2.47. The van der Waals surface area contributed by atoms with E-state index >= 15 is 0 Å². The summed E-state index contributed by atoms with van der Waals surface area (Å²) in [5.74, 6) is -2.25. The molecule has 0 saturated heterocycles. The van der Waals surface area contributed by atoms with Crippen LogP contribution in [-0.2, 0) is 9.59 Å². The summed E-state index contributed by atoms with van der Waals surface area (Å²) < 4.78 is 14.7. The summed E-state index contributed by atoms with van der Waals surface area (Å²) in [5, 5.41) is 10.6. The van der Waals surface area contributed by atoms with Gasteiger partial charge >= 0.3 is 0 Å². The number of rotatable bonds is 3. The Morgan fingerprint density at radius 1 is 1.07 bits per heavy atom. The van der Waals surface area contributed by atoms with Gasteiger partial charge in [0.05, 0.1) is 11.6 Å². The van der Waals surface area contributed by atoms with E-state index in [0.29, 0.717) is 5.69 Å². The highest BCUT2D eigenvalue weighted by molar-refractivity contribution is 6.17. The highest BCUT2D eigenvalue weighted by atomic mass is 19.1. The average molecular weight is 381 g/mol. The van der Waals surface area contributed by atoms with Crippen LogP contribution in [0.5, 0.6) is 0 Å². The number of nitrogens with zero attached hydrogens (tertiary/aromatic N) is 1. The predicted octanol–water partition coefficient (Wildman–Crippen LogP) is 4.96. The zero-order valence-electron chi connectivity index (χ0n) is 16.7. The summed E-state index contributed by atoms with van der Waals surface area (Å²) in [6, 6.07) is 10.4. The van der Waals surface area contributed by atoms with Gasteiger partial charge < -0.3 is 5.11 Å². The fourth-order valence-corrected chi connectivity index (χ4v) is 3.37. The lowest BCUT2D eigenvalue weighted by Gasteiger charge is -2.29. The predicted molar refractivity (Wildman–Crippen MR) is 107 cm³/mol. The van der Waals surface area contributed by atoms with E-state index in [4.69, 9.17) is 0 Å². The molecule has 4 nitrogen and oxygen atoms in total. The number of aryl methyl sites for hydroxylation is 2. The van der Waals surface area contributed by atoms with Crippen molar-refractivity contribution < 1.29 is 19.1 Å². The first-order valence-corrected chi connectivity index (χ1v) is 9.17. The SMILES string of the molecule is Cc1ccc(N2C(=O)C(O)=C(C(=O)C(C)(C)C)C2c2ccccc2F)cc1C. The zero-order chi connectivity index (χ0) is 20.8. The fraction of sp³-hybridized carbons (Fsp3) is 0.304. The molecule has 1 aliphatic rings. The molecule has 2 aromatic rings. The summed E-state index contributed by atoms with van der Waals surface area (Å²) in [7, 11) is 0. The summed E-state index contributed by atoms with van der Waals surface area (Å²) in [6.07, 6.45) is 0. The van der Waals surface area contributed by atoms with Crippen molar-refractivity contribution in [3.8, 4) is 0 Å². The highest BCUT2D eigenvalue weighted by Crippen LogP contribution is 2.44. The minimum atomic E-state index is -1.03. The van der Waals surface area contributed by atoms with Gasteiger partial charge in [-0.1, -0.05) is 45.0 Å². The molecular weight excluding hydrogens is 357 g/mol. The molecule has 0 bridgehead atoms. The van der Waals surface area contributed by atoms with Crippen LogP contribution < -0.4 is 4.90 Å². The first kappa shape index (κ1) is 19.8. The van der Waals surface area contributed by atoms with Crippen LogP contribution in [0.1, 0.15) is 43.5 Å². The second kappa shape index (κ2) is 6.89. The van der Waals surface area contributed by atoms with E-state index in [1.54, 1.807) is 45.0 Å². The topological polar surface area (TPSA) is 57.6 Å². The first-order valence-electron chi connectivity index (χ1n) is 9.17. The van der Waals surface area contributed by atoms with Gasteiger partial charge in [0.2, 0.25) is 0 Å². The molecule has 1 heterocycles. The quantitative estimate of drug-likeness (QED) is 0.818. The summed E-state index contributed by atoms with van der Waals surface area (Å²) in [6.45, 7) is 8.97. The Morgan fingerprint density at radius 2 is 1.71 bits per heavy atom. The van der Waals surface area contributed by atoms with Crippen molar-refractivity contribution in [2.45, 2.75) is 40.7 Å². The molecular formula is C23H24FNO3. The number of hydrogen-bond acceptors (Lipinski definition) is 3. The Kier molecular flexibility index (Phi) is 4.88. The molecule has 1 aliphatic heterocycles. The molecule has 0 radical (unpaired) electrons. The molecule has 2 aromatic carbocycles. The van der Waals surface area contributed by atoms with Crippen LogP contribution in [0.2, 0.25) is 0 Å². The first-order chi connectivity index (χ1) is 13.0. The van der Waals surface area contributed by atoms with Crippen LogP contribution in [0.15, 0.2) is 53.8 Å². The normalized spacial score (nSPS) is 17.4. The molecule has 0 saturated carbocycles. The van der Waals surface area contributed by atoms with E-state index in [-0.39, 0.29) is 11.1 Å². The Bertz CT molecular complexity index is 1000. The number of hydrogen-bond donors (Lipinski definition) is 1. The lowest BCUT2D eigenvalue weighted by atomic mass is 9.82. The van der Waals surface area contributed by atoms with E-state index < -0.39 is 34.7 Å². The van der Waals surface area contributed by atoms with Gasteiger partial charge in [0.15, 0.2) is 11.5 Å². The number of amides is 1. The summed E-state index contributed by atoms with van der Waals surface area (Å²) in [5.41, 5.74) is 1.76. The molecule has 146 valence electrons. The lowest BCUT2D eigenvalue weighted by molar-refractivity contribution is -0.123. The number of Topliss-reactive ketones (excluding diaryl/α,β-unsaturated/α-hetero) is 1. The number of benzene rings is 2. The van der Waals surface area contributed by atoms with Crippen LogP contribution in [0.25, 0.3) is 0 Å². The molecule has 3 rings (SSSR count). The van der Waals surface area contributed by atoms with Crippen LogP contribution in [0.3, 0.4) is 0 Å². The maximum atomic E-state index is 14.7. The van der Waals surface area contributed by atoms with Crippen molar-refractivity contribution in [2.24, 2.45) is 5.41 Å². The van der Waals surface area contributed by atoms with Crippen LogP contribution >= 0.6 is 0 Å². The van der Waals surface area contributed by atoms with Crippen molar-refractivity contribution in [3.05, 3.63) is 76.3 Å². The van der Waals surface area contributed by atoms with E-state index in [2.05, 4.69) is 0 Å². The Morgan fingerprint density at radius 3 is 2.29 bits per heavy atom. The van der Waals surface area contributed by atoms with Gasteiger partial charge in [-0.2, -0.15) is 0 Å². The van der Waals surface area contributed by atoms with Crippen molar-refractivity contribution >= 4 is 17.4 Å². The third-order valence-corrected chi connectivity index (χ3v) is 5.10. The maximum Gasteiger partial charge on any atom is 0.294 e. The maximum absolute atomic E-state index is 14.7. The van der Waals surface area contributed by atoms with Gasteiger partial charge in [0.1, 0.15) is 5.82 Å². The summed E-state index contributed by atoms with van der Waals surface area (Å²) in [4.78, 5) is 27.4. The van der Waals surface area contributed by atoms with Crippen molar-refractivity contribution in [1.29, 1.82) is 0 Å². The van der Waals surface area contributed by atoms with Gasteiger partial charge in [0, 0.05) is 16.7 Å². The minimum absolute atomic E-state index is 0.0687. The Labute approximate surface area is 164 Å². The number of carbonyl (C=O) groups is 2. The second-order valence-electron chi connectivity index (χ2n) is 8.21.